The highest BCUT2D eigenvalue weighted by Crippen LogP contribution is 2.31. The smallest absolute Gasteiger partial charge is 0.306 e. The summed E-state index contributed by atoms with van der Waals surface area (Å²) < 4.78 is 15.8. The highest BCUT2D eigenvalue weighted by molar-refractivity contribution is 5.67. The molecule has 2 fully saturated rings. The molecular formula is C14H24O11. The second-order valence-corrected chi connectivity index (χ2v) is 6.31. The molecule has 0 aromatic heterocycles. The van der Waals surface area contributed by atoms with Crippen LogP contribution in [-0.4, -0.2) is 104 Å². The van der Waals surface area contributed by atoms with Gasteiger partial charge in [-0.1, -0.05) is 6.92 Å². The molecule has 0 aromatic rings. The molecule has 146 valence electrons. The van der Waals surface area contributed by atoms with Gasteiger partial charge >= 0.3 is 5.97 Å². The lowest BCUT2D eigenvalue weighted by molar-refractivity contribution is -0.347. The van der Waals surface area contributed by atoms with Crippen LogP contribution in [0.5, 0.6) is 0 Å². The Morgan fingerprint density at radius 1 is 0.960 bits per heavy atom. The third kappa shape index (κ3) is 4.27. The number of carboxylic acid groups (broad SMARTS) is 1. The molecule has 7 N–H and O–H groups in total. The number of hydrogen-bond acceptors (Lipinski definition) is 10. The van der Waals surface area contributed by atoms with Gasteiger partial charge < -0.3 is 50.0 Å². The Kier molecular flexibility index (Phi) is 6.70. The number of aliphatic carboxylic acids is 1. The fourth-order valence-electron chi connectivity index (χ4n) is 2.91. The highest BCUT2D eigenvalue weighted by Gasteiger charge is 2.49. The maximum Gasteiger partial charge on any atom is 0.306 e. The first-order valence-corrected chi connectivity index (χ1v) is 7.86. The topological polar surface area (TPSA) is 186 Å². The van der Waals surface area contributed by atoms with Gasteiger partial charge in [-0.25, -0.2) is 0 Å². The standard InChI is InChI=1S/C14H24O11/c1-4-8(18)12(6(3-15)23-13(4)22)25-14-11(21)10(20)9(19)5(24-14)2-7(16)17/h4-6,8-15,18-22H,2-3H2,1H3,(H,16,17). The monoisotopic (exact) mass is 368 g/mol. The van der Waals surface area contributed by atoms with Crippen LogP contribution >= 0.6 is 0 Å². The van der Waals surface area contributed by atoms with Gasteiger partial charge in [-0.3, -0.25) is 4.79 Å². The molecule has 0 bridgehead atoms. The molecule has 0 spiro atoms. The summed E-state index contributed by atoms with van der Waals surface area (Å²) in [6.07, 6.45) is -13.7. The molecule has 11 heteroatoms. The molecule has 0 aliphatic carbocycles. The average molecular weight is 368 g/mol. The van der Waals surface area contributed by atoms with Gasteiger partial charge in [0.2, 0.25) is 0 Å². The predicted octanol–water partition coefficient (Wildman–Crippen LogP) is -3.64. The Balaban J connectivity index is 2.14. The number of aliphatic hydroxyl groups excluding tert-OH is 6. The molecule has 2 heterocycles. The summed E-state index contributed by atoms with van der Waals surface area (Å²) in [5, 5.41) is 67.8. The lowest BCUT2D eigenvalue weighted by atomic mass is 9.92. The number of carbonyl (C=O) groups is 1. The Morgan fingerprint density at radius 3 is 2.16 bits per heavy atom. The van der Waals surface area contributed by atoms with Crippen molar-refractivity contribution >= 4 is 5.97 Å². The van der Waals surface area contributed by atoms with E-state index in [2.05, 4.69) is 0 Å². The second-order valence-electron chi connectivity index (χ2n) is 6.31. The van der Waals surface area contributed by atoms with Gasteiger partial charge in [-0.05, 0) is 0 Å². The van der Waals surface area contributed by atoms with E-state index in [-0.39, 0.29) is 0 Å². The zero-order chi connectivity index (χ0) is 18.9. The Morgan fingerprint density at radius 2 is 1.60 bits per heavy atom. The largest absolute Gasteiger partial charge is 0.481 e. The van der Waals surface area contributed by atoms with Crippen molar-refractivity contribution in [1.82, 2.24) is 0 Å². The van der Waals surface area contributed by atoms with Crippen LogP contribution in [0.2, 0.25) is 0 Å². The minimum absolute atomic E-state index is 0.613. The Labute approximate surface area is 143 Å². The first-order chi connectivity index (χ1) is 11.7. The lowest BCUT2D eigenvalue weighted by Crippen LogP contribution is -2.62. The molecule has 2 rings (SSSR count). The van der Waals surface area contributed by atoms with Crippen LogP contribution in [0.25, 0.3) is 0 Å². The van der Waals surface area contributed by atoms with E-state index in [0.29, 0.717) is 0 Å². The number of carboxylic acids is 1. The van der Waals surface area contributed by atoms with Crippen molar-refractivity contribution in [2.24, 2.45) is 5.92 Å². The first-order valence-electron chi connectivity index (χ1n) is 7.86. The van der Waals surface area contributed by atoms with Gasteiger partial charge in [0.1, 0.15) is 30.5 Å². The zero-order valence-corrected chi connectivity index (χ0v) is 13.5. The number of ether oxygens (including phenoxy) is 3. The molecule has 2 saturated heterocycles. The third-order valence-electron chi connectivity index (χ3n) is 4.52. The van der Waals surface area contributed by atoms with E-state index in [1.54, 1.807) is 0 Å². The van der Waals surface area contributed by atoms with Crippen LogP contribution < -0.4 is 0 Å². The maximum atomic E-state index is 10.8. The van der Waals surface area contributed by atoms with Crippen LogP contribution in [0.4, 0.5) is 0 Å². The molecule has 2 aliphatic heterocycles. The summed E-state index contributed by atoms with van der Waals surface area (Å²) in [5.74, 6) is -2.07. The molecule has 11 nitrogen and oxygen atoms in total. The van der Waals surface area contributed by atoms with Gasteiger partial charge in [0, 0.05) is 5.92 Å². The van der Waals surface area contributed by atoms with Crippen molar-refractivity contribution in [3.05, 3.63) is 0 Å². The Bertz CT molecular complexity index is 458. The minimum Gasteiger partial charge on any atom is -0.481 e. The Hall–Kier alpha value is -0.890. The van der Waals surface area contributed by atoms with Crippen molar-refractivity contribution in [2.75, 3.05) is 6.61 Å². The summed E-state index contributed by atoms with van der Waals surface area (Å²) in [5.41, 5.74) is 0. The molecular weight excluding hydrogens is 344 g/mol. The van der Waals surface area contributed by atoms with Gasteiger partial charge in [0.05, 0.1) is 25.2 Å². The van der Waals surface area contributed by atoms with Gasteiger partial charge in [0.25, 0.3) is 0 Å². The zero-order valence-electron chi connectivity index (χ0n) is 13.5. The van der Waals surface area contributed by atoms with E-state index in [9.17, 15) is 35.4 Å². The molecule has 2 aliphatic rings. The van der Waals surface area contributed by atoms with Crippen molar-refractivity contribution in [3.63, 3.8) is 0 Å². The van der Waals surface area contributed by atoms with Crippen LogP contribution in [0.3, 0.4) is 0 Å². The normalized spacial score (nSPS) is 48.3. The number of aliphatic hydroxyl groups is 6. The van der Waals surface area contributed by atoms with Crippen LogP contribution in [-0.2, 0) is 19.0 Å². The van der Waals surface area contributed by atoms with Gasteiger partial charge in [-0.2, -0.15) is 0 Å². The van der Waals surface area contributed by atoms with E-state index < -0.39 is 80.2 Å². The van der Waals surface area contributed by atoms with E-state index in [4.69, 9.17) is 19.3 Å². The number of rotatable bonds is 5. The summed E-state index contributed by atoms with van der Waals surface area (Å²) in [6, 6.07) is 0. The van der Waals surface area contributed by atoms with Crippen molar-refractivity contribution < 1.29 is 54.8 Å². The molecule has 10 unspecified atom stereocenters. The van der Waals surface area contributed by atoms with Crippen LogP contribution in [0.15, 0.2) is 0 Å². The first kappa shape index (κ1) is 20.4. The van der Waals surface area contributed by atoms with E-state index in [1.807, 2.05) is 0 Å². The fourth-order valence-corrected chi connectivity index (χ4v) is 2.91. The third-order valence-corrected chi connectivity index (χ3v) is 4.52. The highest BCUT2D eigenvalue weighted by atomic mass is 16.7. The quantitative estimate of drug-likeness (QED) is 0.254. The molecule has 0 amide bonds. The van der Waals surface area contributed by atoms with E-state index >= 15 is 0 Å². The SMILES string of the molecule is CC1C(O)OC(CO)C(OC2OC(CC(=O)O)C(O)C(O)C2O)C1O. The predicted molar refractivity (Wildman–Crippen MR) is 76.9 cm³/mol. The van der Waals surface area contributed by atoms with Gasteiger partial charge in [0.15, 0.2) is 12.6 Å². The maximum absolute atomic E-state index is 10.8. The summed E-state index contributed by atoms with van der Waals surface area (Å²) in [7, 11) is 0. The van der Waals surface area contributed by atoms with Crippen LogP contribution in [0, 0.1) is 5.92 Å². The lowest BCUT2D eigenvalue weighted by Gasteiger charge is -2.45. The average Bonchev–Trinajstić information content (AvgIpc) is 2.56. The fraction of sp³-hybridized carbons (Fsp3) is 0.929. The summed E-state index contributed by atoms with van der Waals surface area (Å²) in [4.78, 5) is 10.8. The number of hydrogen-bond donors (Lipinski definition) is 7. The molecule has 0 aromatic carbocycles. The minimum atomic E-state index is -1.74. The van der Waals surface area contributed by atoms with E-state index in [1.165, 1.54) is 6.92 Å². The second kappa shape index (κ2) is 8.20. The summed E-state index contributed by atoms with van der Waals surface area (Å²) in [6.45, 7) is 0.862. The molecule has 0 radical (unpaired) electrons. The van der Waals surface area contributed by atoms with Crippen LogP contribution in [0.1, 0.15) is 13.3 Å². The van der Waals surface area contributed by atoms with Crippen molar-refractivity contribution in [3.8, 4) is 0 Å². The van der Waals surface area contributed by atoms with E-state index in [0.717, 1.165) is 0 Å². The molecule has 25 heavy (non-hydrogen) atoms. The van der Waals surface area contributed by atoms with Crippen molar-refractivity contribution in [1.29, 1.82) is 0 Å². The summed E-state index contributed by atoms with van der Waals surface area (Å²) >= 11 is 0. The van der Waals surface area contributed by atoms with Crippen molar-refractivity contribution in [2.45, 2.75) is 68.7 Å². The van der Waals surface area contributed by atoms with Gasteiger partial charge in [-0.15, -0.1) is 0 Å². The molecule has 0 saturated carbocycles. The molecule has 10 atom stereocenters.